The molecule has 2 aromatic carbocycles. The van der Waals surface area contributed by atoms with Crippen molar-refractivity contribution in [3.05, 3.63) is 66.5 Å². The Morgan fingerprint density at radius 3 is 2.16 bits per heavy atom. The fraction of sp³-hybridized carbons (Fsp3) is 0.412. The number of carbonyl (C=O) groups is 2. The average molecular weight is 615 g/mol. The molecular weight excluding hydrogens is 572 g/mol. The van der Waals surface area contributed by atoms with Gasteiger partial charge in [-0.25, -0.2) is 14.6 Å². The van der Waals surface area contributed by atoms with E-state index >= 15 is 0 Å². The molecule has 3 heterocycles. The Morgan fingerprint density at radius 1 is 0.844 bits per heavy atom. The number of aryl methyl sites for hydroxylation is 1. The molecule has 0 saturated carbocycles. The molecule has 1 aliphatic rings. The van der Waals surface area contributed by atoms with Crippen molar-refractivity contribution in [3.8, 4) is 5.75 Å². The van der Waals surface area contributed by atoms with Gasteiger partial charge in [0.05, 0.1) is 5.52 Å². The van der Waals surface area contributed by atoms with Gasteiger partial charge in [0, 0.05) is 60.6 Å². The molecule has 2 N–H and O–H groups in total. The molecule has 5 rings (SSSR count). The van der Waals surface area contributed by atoms with Crippen molar-refractivity contribution in [1.82, 2.24) is 19.4 Å². The number of nitrogens with one attached hydrogen (secondary N) is 2. The third kappa shape index (κ3) is 8.43. The summed E-state index contributed by atoms with van der Waals surface area (Å²) < 4.78 is 18.7. The summed E-state index contributed by atoms with van der Waals surface area (Å²) in [5.74, 6) is 1.87. The topological polar surface area (TPSA) is 120 Å². The number of amides is 1. The predicted molar refractivity (Wildman–Crippen MR) is 175 cm³/mol. The Labute approximate surface area is 263 Å². The highest BCUT2D eigenvalue weighted by molar-refractivity contribution is 5.91. The van der Waals surface area contributed by atoms with Crippen molar-refractivity contribution in [2.45, 2.75) is 78.6 Å². The van der Waals surface area contributed by atoms with E-state index in [1.54, 1.807) is 17.3 Å². The first-order valence-electron chi connectivity index (χ1n) is 15.2. The lowest BCUT2D eigenvalue weighted by Crippen LogP contribution is -2.44. The lowest BCUT2D eigenvalue weighted by atomic mass is 10.1. The van der Waals surface area contributed by atoms with Crippen LogP contribution in [0.25, 0.3) is 10.9 Å². The molecule has 0 radical (unpaired) electrons. The van der Waals surface area contributed by atoms with Crippen molar-refractivity contribution in [2.75, 3.05) is 23.7 Å². The zero-order valence-corrected chi connectivity index (χ0v) is 27.0. The molecule has 2 aromatic heterocycles. The predicted octanol–water partition coefficient (Wildman–Crippen LogP) is 7.79. The number of likely N-dealkylation sites (tertiary alicyclic amines) is 1. The third-order valence-electron chi connectivity index (χ3n) is 7.02. The number of benzene rings is 2. The van der Waals surface area contributed by atoms with Crippen LogP contribution in [0.1, 0.15) is 59.9 Å². The molecule has 4 aromatic rings. The first kappa shape index (κ1) is 31.6. The van der Waals surface area contributed by atoms with Crippen molar-refractivity contribution in [1.29, 1.82) is 0 Å². The van der Waals surface area contributed by atoms with Crippen LogP contribution in [-0.4, -0.2) is 62.0 Å². The van der Waals surface area contributed by atoms with Crippen LogP contribution in [0.15, 0.2) is 60.9 Å². The lowest BCUT2D eigenvalue weighted by molar-refractivity contribution is 0.0126. The molecule has 0 bridgehead atoms. The van der Waals surface area contributed by atoms with Gasteiger partial charge in [0.15, 0.2) is 0 Å². The number of hydrogen-bond acceptors (Lipinski definition) is 9. The number of anilines is 4. The number of carbonyl (C=O) groups excluding carboxylic acids is 2. The van der Waals surface area contributed by atoms with Gasteiger partial charge in [0.2, 0.25) is 5.95 Å². The molecule has 0 atom stereocenters. The van der Waals surface area contributed by atoms with Crippen molar-refractivity contribution < 1.29 is 23.8 Å². The number of nitrogens with zero attached hydrogens (tertiary/aromatic N) is 4. The molecule has 45 heavy (non-hydrogen) atoms. The summed E-state index contributed by atoms with van der Waals surface area (Å²) in [7, 11) is 0. The molecule has 0 spiro atoms. The summed E-state index contributed by atoms with van der Waals surface area (Å²) in [6.07, 6.45) is 4.31. The lowest BCUT2D eigenvalue weighted by Gasteiger charge is -2.33. The van der Waals surface area contributed by atoms with Crippen molar-refractivity contribution in [3.63, 3.8) is 0 Å². The van der Waals surface area contributed by atoms with Gasteiger partial charge in [-0.05, 0) is 97.0 Å². The minimum absolute atomic E-state index is 0.0339. The Morgan fingerprint density at radius 2 is 1.49 bits per heavy atom. The van der Waals surface area contributed by atoms with Crippen LogP contribution < -0.4 is 15.4 Å². The average Bonchev–Trinajstić information content (AvgIpc) is 3.38. The molecule has 0 aliphatic carbocycles. The summed E-state index contributed by atoms with van der Waals surface area (Å²) in [4.78, 5) is 35.8. The van der Waals surface area contributed by atoms with Gasteiger partial charge >= 0.3 is 12.2 Å². The molecule has 1 aliphatic heterocycles. The van der Waals surface area contributed by atoms with Gasteiger partial charge in [-0.2, -0.15) is 4.98 Å². The second-order valence-corrected chi connectivity index (χ2v) is 13.2. The Balaban J connectivity index is 1.17. The molecule has 0 unspecified atom stereocenters. The normalized spacial score (nSPS) is 14.2. The number of ether oxygens (including phenoxy) is 3. The van der Waals surface area contributed by atoms with E-state index in [9.17, 15) is 9.59 Å². The van der Waals surface area contributed by atoms with Gasteiger partial charge < -0.3 is 29.7 Å². The van der Waals surface area contributed by atoms with Crippen LogP contribution >= 0.6 is 0 Å². The minimum Gasteiger partial charge on any atom is -0.490 e. The van der Waals surface area contributed by atoms with E-state index in [-0.39, 0.29) is 12.2 Å². The molecule has 1 saturated heterocycles. The van der Waals surface area contributed by atoms with Gasteiger partial charge in [0.25, 0.3) is 0 Å². The molecule has 11 heteroatoms. The number of piperidine rings is 1. The van der Waals surface area contributed by atoms with Crippen LogP contribution in [0.3, 0.4) is 0 Å². The maximum Gasteiger partial charge on any atom is 0.418 e. The van der Waals surface area contributed by atoms with Crippen LogP contribution in [0.5, 0.6) is 5.75 Å². The molecule has 1 amide bonds. The van der Waals surface area contributed by atoms with E-state index in [0.29, 0.717) is 24.9 Å². The fourth-order valence-electron chi connectivity index (χ4n) is 4.88. The number of rotatable bonds is 6. The Kier molecular flexibility index (Phi) is 8.90. The number of fused-ring (bicyclic) bond motifs is 1. The zero-order valence-electron chi connectivity index (χ0n) is 27.0. The van der Waals surface area contributed by atoms with E-state index in [1.807, 2.05) is 97.0 Å². The molecule has 11 nitrogen and oxygen atoms in total. The maximum absolute atomic E-state index is 12.6. The highest BCUT2D eigenvalue weighted by Crippen LogP contribution is 2.27. The van der Waals surface area contributed by atoms with Gasteiger partial charge in [-0.15, -0.1) is 0 Å². The van der Waals surface area contributed by atoms with Gasteiger partial charge in [-0.1, -0.05) is 0 Å². The SMILES string of the molecule is Cc1cnc(Nc2ccc(OC3CCN(C(=O)OC(C)(C)C)CC3)cc2)nc1Nc1ccc2c(ccn2C(=O)OC(C)(C)C)c1. The molecule has 1 fully saturated rings. The fourth-order valence-corrected chi connectivity index (χ4v) is 4.88. The smallest absolute Gasteiger partial charge is 0.418 e. The summed E-state index contributed by atoms with van der Waals surface area (Å²) in [5, 5.41) is 7.53. The quantitative estimate of drug-likeness (QED) is 0.224. The van der Waals surface area contributed by atoms with Crippen LogP contribution in [0.2, 0.25) is 0 Å². The summed E-state index contributed by atoms with van der Waals surface area (Å²) in [5.41, 5.74) is 2.21. The van der Waals surface area contributed by atoms with Gasteiger partial charge in [-0.3, -0.25) is 4.57 Å². The first-order valence-corrected chi connectivity index (χ1v) is 15.2. The van der Waals surface area contributed by atoms with Crippen molar-refractivity contribution in [2.24, 2.45) is 0 Å². The van der Waals surface area contributed by atoms with Crippen LogP contribution in [-0.2, 0) is 9.47 Å². The highest BCUT2D eigenvalue weighted by Gasteiger charge is 2.27. The molecule has 238 valence electrons. The Bertz CT molecular complexity index is 1660. The van der Waals surface area contributed by atoms with E-state index < -0.39 is 17.3 Å². The standard InChI is InChI=1S/C34H42N6O5/c1-22-21-35-30(38-29(22)36-25-10-13-28-23(20-25)14-19-40(28)32(42)45-34(5,6)7)37-24-8-11-26(12-9-24)43-27-15-17-39(18-16-27)31(41)44-33(2,3)4/h8-14,19-21,27H,15-18H2,1-7H3,(H2,35,36,37,38). The summed E-state index contributed by atoms with van der Waals surface area (Å²) in [6, 6.07) is 15.3. The van der Waals surface area contributed by atoms with E-state index in [0.717, 1.165) is 46.4 Å². The number of aromatic nitrogens is 3. The van der Waals surface area contributed by atoms with Crippen LogP contribution in [0.4, 0.5) is 32.7 Å². The zero-order chi connectivity index (χ0) is 32.4. The monoisotopic (exact) mass is 614 g/mol. The van der Waals surface area contributed by atoms with E-state index in [2.05, 4.69) is 20.6 Å². The largest absolute Gasteiger partial charge is 0.490 e. The second kappa shape index (κ2) is 12.7. The summed E-state index contributed by atoms with van der Waals surface area (Å²) in [6.45, 7) is 14.3. The second-order valence-electron chi connectivity index (χ2n) is 13.2. The van der Waals surface area contributed by atoms with Gasteiger partial charge in [0.1, 0.15) is 28.9 Å². The maximum atomic E-state index is 12.6. The van der Waals surface area contributed by atoms with E-state index in [4.69, 9.17) is 14.2 Å². The van der Waals surface area contributed by atoms with Crippen LogP contribution in [0, 0.1) is 6.92 Å². The minimum atomic E-state index is -0.578. The summed E-state index contributed by atoms with van der Waals surface area (Å²) >= 11 is 0. The highest BCUT2D eigenvalue weighted by atomic mass is 16.6. The Hall–Kier alpha value is -4.80. The van der Waals surface area contributed by atoms with Crippen molar-refractivity contribution >= 4 is 46.2 Å². The van der Waals surface area contributed by atoms with E-state index in [1.165, 1.54) is 4.57 Å². The molecular formula is C34H42N6O5. The first-order chi connectivity index (χ1) is 21.2. The third-order valence-corrected chi connectivity index (χ3v) is 7.02. The number of hydrogen-bond donors (Lipinski definition) is 2.